The van der Waals surface area contributed by atoms with Crippen LogP contribution in [0.3, 0.4) is 0 Å². The van der Waals surface area contributed by atoms with E-state index < -0.39 is 0 Å². The van der Waals surface area contributed by atoms with Crippen LogP contribution in [0, 0.1) is 0 Å². The summed E-state index contributed by atoms with van der Waals surface area (Å²) in [5.41, 5.74) is 7.76. The van der Waals surface area contributed by atoms with Crippen molar-refractivity contribution in [1.29, 1.82) is 0 Å². The first kappa shape index (κ1) is 14.1. The highest BCUT2D eigenvalue weighted by atomic mass is 79.9. The lowest BCUT2D eigenvalue weighted by Crippen LogP contribution is -2.14. The van der Waals surface area contributed by atoms with Crippen molar-refractivity contribution in [1.82, 2.24) is 0 Å². The standard InChI is InChI=1S/C15H16BrNO2/c16-13-8-12(14(17)9-18)6-7-15(13)19-10-11-4-2-1-3-5-11/h1-8,14,18H,9-10,17H2. The highest BCUT2D eigenvalue weighted by molar-refractivity contribution is 9.10. The molecule has 0 aliphatic heterocycles. The number of benzene rings is 2. The molecule has 0 heterocycles. The first-order valence-corrected chi connectivity index (χ1v) is 6.82. The zero-order chi connectivity index (χ0) is 13.7. The summed E-state index contributed by atoms with van der Waals surface area (Å²) >= 11 is 3.46. The van der Waals surface area contributed by atoms with Crippen molar-refractivity contribution in [2.24, 2.45) is 5.73 Å². The van der Waals surface area contributed by atoms with E-state index in [0.717, 1.165) is 21.3 Å². The van der Waals surface area contributed by atoms with Gasteiger partial charge in [0.1, 0.15) is 12.4 Å². The molecule has 0 spiro atoms. The van der Waals surface area contributed by atoms with Crippen LogP contribution in [0.25, 0.3) is 0 Å². The molecule has 2 rings (SSSR count). The Kier molecular flexibility index (Phi) is 4.96. The second-order valence-corrected chi connectivity index (χ2v) is 5.11. The van der Waals surface area contributed by atoms with Gasteiger partial charge in [0.15, 0.2) is 0 Å². The van der Waals surface area contributed by atoms with Gasteiger partial charge in [-0.05, 0) is 39.2 Å². The Morgan fingerprint density at radius 1 is 1.16 bits per heavy atom. The van der Waals surface area contributed by atoms with E-state index in [1.54, 1.807) is 0 Å². The summed E-state index contributed by atoms with van der Waals surface area (Å²) in [5, 5.41) is 9.03. The molecule has 2 aromatic rings. The lowest BCUT2D eigenvalue weighted by molar-refractivity contribution is 0.267. The van der Waals surface area contributed by atoms with Crippen molar-refractivity contribution in [3.8, 4) is 5.75 Å². The van der Waals surface area contributed by atoms with Gasteiger partial charge in [0.05, 0.1) is 17.1 Å². The van der Waals surface area contributed by atoms with E-state index in [2.05, 4.69) is 15.9 Å². The molecule has 0 radical (unpaired) electrons. The minimum absolute atomic E-state index is 0.0728. The average molecular weight is 322 g/mol. The van der Waals surface area contributed by atoms with Crippen LogP contribution >= 0.6 is 15.9 Å². The van der Waals surface area contributed by atoms with Gasteiger partial charge in [0.25, 0.3) is 0 Å². The highest BCUT2D eigenvalue weighted by Crippen LogP contribution is 2.28. The van der Waals surface area contributed by atoms with Crippen molar-refractivity contribution < 1.29 is 9.84 Å². The molecule has 0 amide bonds. The summed E-state index contributed by atoms with van der Waals surface area (Å²) in [5.74, 6) is 0.762. The van der Waals surface area contributed by atoms with Crippen molar-refractivity contribution in [2.75, 3.05) is 6.61 Å². The first-order chi connectivity index (χ1) is 9.20. The second-order valence-electron chi connectivity index (χ2n) is 4.25. The highest BCUT2D eigenvalue weighted by Gasteiger charge is 2.08. The third-order valence-electron chi connectivity index (χ3n) is 2.82. The summed E-state index contributed by atoms with van der Waals surface area (Å²) in [7, 11) is 0. The van der Waals surface area contributed by atoms with Gasteiger partial charge in [-0.3, -0.25) is 0 Å². The number of halogens is 1. The van der Waals surface area contributed by atoms with E-state index in [4.69, 9.17) is 15.6 Å². The molecule has 1 atom stereocenters. The van der Waals surface area contributed by atoms with Gasteiger partial charge in [-0.1, -0.05) is 36.4 Å². The molecule has 0 saturated heterocycles. The third-order valence-corrected chi connectivity index (χ3v) is 3.44. The fourth-order valence-corrected chi connectivity index (χ4v) is 2.22. The first-order valence-electron chi connectivity index (χ1n) is 6.03. The van der Waals surface area contributed by atoms with Crippen molar-refractivity contribution in [3.05, 3.63) is 64.1 Å². The fourth-order valence-electron chi connectivity index (χ4n) is 1.71. The largest absolute Gasteiger partial charge is 0.488 e. The Morgan fingerprint density at radius 3 is 2.53 bits per heavy atom. The van der Waals surface area contributed by atoms with Crippen LogP contribution in [0.4, 0.5) is 0 Å². The number of rotatable bonds is 5. The van der Waals surface area contributed by atoms with Crippen LogP contribution in [0.1, 0.15) is 17.2 Å². The molecule has 19 heavy (non-hydrogen) atoms. The van der Waals surface area contributed by atoms with Crippen molar-refractivity contribution >= 4 is 15.9 Å². The maximum absolute atomic E-state index is 9.03. The fraction of sp³-hybridized carbons (Fsp3) is 0.200. The molecule has 4 heteroatoms. The molecular weight excluding hydrogens is 306 g/mol. The molecule has 2 aromatic carbocycles. The van der Waals surface area contributed by atoms with Crippen LogP contribution in [-0.4, -0.2) is 11.7 Å². The third kappa shape index (κ3) is 3.80. The summed E-state index contributed by atoms with van der Waals surface area (Å²) in [4.78, 5) is 0. The number of hydrogen-bond donors (Lipinski definition) is 2. The SMILES string of the molecule is NC(CO)c1ccc(OCc2ccccc2)c(Br)c1. The lowest BCUT2D eigenvalue weighted by Gasteiger charge is -2.12. The van der Waals surface area contributed by atoms with Crippen LogP contribution in [0.15, 0.2) is 53.0 Å². The summed E-state index contributed by atoms with van der Waals surface area (Å²) in [6.07, 6.45) is 0. The number of nitrogens with two attached hydrogens (primary N) is 1. The minimum atomic E-state index is -0.362. The Labute approximate surface area is 121 Å². The number of hydrogen-bond acceptors (Lipinski definition) is 3. The zero-order valence-corrected chi connectivity index (χ0v) is 12.0. The summed E-state index contributed by atoms with van der Waals surface area (Å²) in [6.45, 7) is 0.446. The molecule has 0 aliphatic carbocycles. The van der Waals surface area contributed by atoms with Gasteiger partial charge in [-0.2, -0.15) is 0 Å². The lowest BCUT2D eigenvalue weighted by atomic mass is 10.1. The molecule has 0 bridgehead atoms. The smallest absolute Gasteiger partial charge is 0.134 e. The monoisotopic (exact) mass is 321 g/mol. The van der Waals surface area contributed by atoms with Gasteiger partial charge in [0, 0.05) is 0 Å². The molecule has 0 aromatic heterocycles. The van der Waals surface area contributed by atoms with E-state index in [1.807, 2.05) is 48.5 Å². The topological polar surface area (TPSA) is 55.5 Å². The normalized spacial score (nSPS) is 12.2. The quantitative estimate of drug-likeness (QED) is 0.890. The van der Waals surface area contributed by atoms with Crippen LogP contribution in [-0.2, 0) is 6.61 Å². The molecule has 3 N–H and O–H groups in total. The number of aliphatic hydroxyl groups excluding tert-OH is 1. The van der Waals surface area contributed by atoms with E-state index in [1.165, 1.54) is 0 Å². The van der Waals surface area contributed by atoms with E-state index in [0.29, 0.717) is 6.61 Å². The van der Waals surface area contributed by atoms with Gasteiger partial charge >= 0.3 is 0 Å². The van der Waals surface area contributed by atoms with Gasteiger partial charge in [-0.25, -0.2) is 0 Å². The molecule has 3 nitrogen and oxygen atoms in total. The summed E-state index contributed by atoms with van der Waals surface area (Å²) in [6, 6.07) is 15.2. The average Bonchev–Trinajstić information content (AvgIpc) is 2.46. The summed E-state index contributed by atoms with van der Waals surface area (Å²) < 4.78 is 6.58. The number of ether oxygens (including phenoxy) is 1. The Morgan fingerprint density at radius 2 is 1.89 bits per heavy atom. The van der Waals surface area contributed by atoms with Crippen LogP contribution in [0.5, 0.6) is 5.75 Å². The Balaban J connectivity index is 2.05. The van der Waals surface area contributed by atoms with Crippen LogP contribution < -0.4 is 10.5 Å². The molecule has 0 saturated carbocycles. The van der Waals surface area contributed by atoms with Crippen LogP contribution in [0.2, 0.25) is 0 Å². The van der Waals surface area contributed by atoms with Gasteiger partial charge < -0.3 is 15.6 Å². The van der Waals surface area contributed by atoms with E-state index >= 15 is 0 Å². The van der Waals surface area contributed by atoms with E-state index in [9.17, 15) is 0 Å². The molecule has 0 fully saturated rings. The maximum Gasteiger partial charge on any atom is 0.134 e. The maximum atomic E-state index is 9.03. The minimum Gasteiger partial charge on any atom is -0.488 e. The van der Waals surface area contributed by atoms with Crippen molar-refractivity contribution in [2.45, 2.75) is 12.6 Å². The van der Waals surface area contributed by atoms with Crippen molar-refractivity contribution in [3.63, 3.8) is 0 Å². The molecule has 1 unspecified atom stereocenters. The second kappa shape index (κ2) is 6.70. The Hall–Kier alpha value is -1.36. The van der Waals surface area contributed by atoms with E-state index in [-0.39, 0.29) is 12.6 Å². The predicted molar refractivity (Wildman–Crippen MR) is 78.9 cm³/mol. The molecule has 100 valence electrons. The van der Waals surface area contributed by atoms with Gasteiger partial charge in [-0.15, -0.1) is 0 Å². The zero-order valence-electron chi connectivity index (χ0n) is 10.4. The predicted octanol–water partition coefficient (Wildman–Crippen LogP) is 3.02. The van der Waals surface area contributed by atoms with Gasteiger partial charge in [0.2, 0.25) is 0 Å². The Bertz CT molecular complexity index is 531. The number of aliphatic hydroxyl groups is 1. The molecule has 0 aliphatic rings. The molecular formula is C15H16BrNO2.